The first-order valence-electron chi connectivity index (χ1n) is 6.82. The van der Waals surface area contributed by atoms with E-state index in [0.29, 0.717) is 18.4 Å². The van der Waals surface area contributed by atoms with Crippen molar-refractivity contribution < 1.29 is 14.7 Å². The van der Waals surface area contributed by atoms with Gasteiger partial charge in [0.15, 0.2) is 0 Å². The molecular weight excluding hydrogens is 242 g/mol. The molecule has 1 aliphatic carbocycles. The van der Waals surface area contributed by atoms with Crippen LogP contribution in [0.2, 0.25) is 0 Å². The summed E-state index contributed by atoms with van der Waals surface area (Å²) in [4.78, 5) is 24.8. The Labute approximate surface area is 112 Å². The van der Waals surface area contributed by atoms with Gasteiger partial charge in [0.05, 0.1) is 5.56 Å². The third-order valence-corrected chi connectivity index (χ3v) is 3.98. The number of carboxylic acid groups (broad SMARTS) is 1. The average Bonchev–Trinajstić information content (AvgIpc) is 3.21. The summed E-state index contributed by atoms with van der Waals surface area (Å²) in [7, 11) is 0. The first-order chi connectivity index (χ1) is 9.15. The van der Waals surface area contributed by atoms with Gasteiger partial charge in [-0.1, -0.05) is 12.8 Å². The van der Waals surface area contributed by atoms with Crippen molar-refractivity contribution >= 4 is 17.6 Å². The molecule has 4 nitrogen and oxygen atoms in total. The fraction of sp³-hybridized carbons (Fsp3) is 0.467. The summed E-state index contributed by atoms with van der Waals surface area (Å²) in [6.07, 6.45) is 4.77. The molecule has 19 heavy (non-hydrogen) atoms. The summed E-state index contributed by atoms with van der Waals surface area (Å²) in [6.45, 7) is 0.767. The summed E-state index contributed by atoms with van der Waals surface area (Å²) in [5.41, 5.74) is 2.19. The zero-order valence-electron chi connectivity index (χ0n) is 10.8. The molecule has 1 aromatic carbocycles. The van der Waals surface area contributed by atoms with E-state index in [1.807, 2.05) is 4.90 Å². The Bertz CT molecular complexity index is 534. The molecule has 1 amide bonds. The van der Waals surface area contributed by atoms with E-state index in [9.17, 15) is 9.59 Å². The topological polar surface area (TPSA) is 57.6 Å². The van der Waals surface area contributed by atoms with E-state index < -0.39 is 5.97 Å². The number of carbonyl (C=O) groups is 2. The van der Waals surface area contributed by atoms with Crippen LogP contribution >= 0.6 is 0 Å². The Morgan fingerprint density at radius 2 is 2.11 bits per heavy atom. The number of carbonyl (C=O) groups excluding carboxylic acids is 1. The van der Waals surface area contributed by atoms with Gasteiger partial charge in [0, 0.05) is 18.7 Å². The number of hydrogen-bond acceptors (Lipinski definition) is 2. The summed E-state index contributed by atoms with van der Waals surface area (Å²) >= 11 is 0. The third kappa shape index (κ3) is 2.48. The number of aromatic carboxylic acids is 1. The van der Waals surface area contributed by atoms with Crippen molar-refractivity contribution in [2.75, 3.05) is 11.4 Å². The van der Waals surface area contributed by atoms with Crippen LogP contribution in [0.25, 0.3) is 0 Å². The number of amides is 1. The van der Waals surface area contributed by atoms with Gasteiger partial charge in [0.1, 0.15) is 0 Å². The molecule has 0 unspecified atom stereocenters. The molecule has 0 radical (unpaired) electrons. The number of carboxylic acids is 1. The minimum atomic E-state index is -0.913. The first-order valence-corrected chi connectivity index (χ1v) is 6.82. The van der Waals surface area contributed by atoms with Gasteiger partial charge in [0.25, 0.3) is 0 Å². The van der Waals surface area contributed by atoms with Crippen LogP contribution in [-0.2, 0) is 11.2 Å². The lowest BCUT2D eigenvalue weighted by molar-refractivity contribution is -0.118. The quantitative estimate of drug-likeness (QED) is 0.903. The number of benzene rings is 1. The van der Waals surface area contributed by atoms with E-state index in [4.69, 9.17) is 5.11 Å². The highest BCUT2D eigenvalue weighted by atomic mass is 16.4. The Kier molecular flexibility index (Phi) is 3.01. The van der Waals surface area contributed by atoms with Crippen LogP contribution < -0.4 is 4.90 Å². The molecule has 1 saturated carbocycles. The fourth-order valence-electron chi connectivity index (χ4n) is 2.66. The van der Waals surface area contributed by atoms with Crippen LogP contribution in [0, 0.1) is 5.92 Å². The molecule has 1 aliphatic heterocycles. The van der Waals surface area contributed by atoms with Gasteiger partial charge in [0.2, 0.25) is 5.91 Å². The van der Waals surface area contributed by atoms with Gasteiger partial charge in [-0.3, -0.25) is 4.79 Å². The van der Waals surface area contributed by atoms with E-state index in [0.717, 1.165) is 30.1 Å². The minimum absolute atomic E-state index is 0.163. The monoisotopic (exact) mass is 259 g/mol. The average molecular weight is 259 g/mol. The van der Waals surface area contributed by atoms with Crippen LogP contribution in [0.15, 0.2) is 18.2 Å². The molecule has 0 aromatic heterocycles. The molecule has 1 N–H and O–H groups in total. The Balaban J connectivity index is 1.85. The number of anilines is 1. The van der Waals surface area contributed by atoms with Crippen LogP contribution in [-0.4, -0.2) is 23.5 Å². The lowest BCUT2D eigenvalue weighted by Crippen LogP contribution is -2.36. The van der Waals surface area contributed by atoms with Gasteiger partial charge >= 0.3 is 5.97 Å². The molecule has 0 atom stereocenters. The van der Waals surface area contributed by atoms with E-state index in [1.54, 1.807) is 18.2 Å². The van der Waals surface area contributed by atoms with Crippen LogP contribution in [0.4, 0.5) is 5.69 Å². The highest BCUT2D eigenvalue weighted by Gasteiger charge is 2.28. The maximum Gasteiger partial charge on any atom is 0.335 e. The second kappa shape index (κ2) is 4.68. The normalized spacial score (nSPS) is 18.3. The van der Waals surface area contributed by atoms with Gasteiger partial charge in [-0.05, 0) is 42.5 Å². The van der Waals surface area contributed by atoms with Gasteiger partial charge in [-0.2, -0.15) is 0 Å². The summed E-state index contributed by atoms with van der Waals surface area (Å²) in [5.74, 6) is 0.0388. The minimum Gasteiger partial charge on any atom is -0.478 e. The van der Waals surface area contributed by atoms with Gasteiger partial charge < -0.3 is 10.0 Å². The Morgan fingerprint density at radius 1 is 1.32 bits per heavy atom. The van der Waals surface area contributed by atoms with Crippen molar-refractivity contribution in [2.24, 2.45) is 5.92 Å². The van der Waals surface area contributed by atoms with Crippen LogP contribution in [0.5, 0.6) is 0 Å². The maximum absolute atomic E-state index is 12.0. The zero-order valence-corrected chi connectivity index (χ0v) is 10.8. The molecule has 4 heteroatoms. The lowest BCUT2D eigenvalue weighted by Gasteiger charge is -2.29. The zero-order chi connectivity index (χ0) is 13.4. The van der Waals surface area contributed by atoms with Crippen LogP contribution in [0.3, 0.4) is 0 Å². The number of aryl methyl sites for hydroxylation is 1. The van der Waals surface area contributed by atoms with Crippen molar-refractivity contribution in [1.82, 2.24) is 0 Å². The van der Waals surface area contributed by atoms with Crippen molar-refractivity contribution in [3.63, 3.8) is 0 Å². The summed E-state index contributed by atoms with van der Waals surface area (Å²) in [6, 6.07) is 5.07. The molecular formula is C15H17NO3. The lowest BCUT2D eigenvalue weighted by atomic mass is 9.98. The molecule has 0 spiro atoms. The van der Waals surface area contributed by atoms with E-state index in [-0.39, 0.29) is 5.91 Å². The Morgan fingerprint density at radius 3 is 2.79 bits per heavy atom. The summed E-state index contributed by atoms with van der Waals surface area (Å²) < 4.78 is 0. The SMILES string of the molecule is O=C(O)c1ccc2c(c1)CCC(=O)N2CCC1CC1. The van der Waals surface area contributed by atoms with Crippen molar-refractivity contribution in [3.05, 3.63) is 29.3 Å². The third-order valence-electron chi connectivity index (χ3n) is 3.98. The van der Waals surface area contributed by atoms with Crippen molar-refractivity contribution in [2.45, 2.75) is 32.1 Å². The molecule has 1 aromatic rings. The van der Waals surface area contributed by atoms with Gasteiger partial charge in [-0.15, -0.1) is 0 Å². The number of hydrogen-bond donors (Lipinski definition) is 1. The number of rotatable bonds is 4. The Hall–Kier alpha value is -1.84. The number of fused-ring (bicyclic) bond motifs is 1. The molecule has 1 heterocycles. The first kappa shape index (κ1) is 12.2. The molecule has 2 aliphatic rings. The second-order valence-corrected chi connectivity index (χ2v) is 5.43. The fourth-order valence-corrected chi connectivity index (χ4v) is 2.66. The van der Waals surface area contributed by atoms with Crippen LogP contribution in [0.1, 0.15) is 41.6 Å². The molecule has 100 valence electrons. The molecule has 0 saturated heterocycles. The van der Waals surface area contributed by atoms with Crippen molar-refractivity contribution in [3.8, 4) is 0 Å². The predicted octanol–water partition coefficient (Wildman–Crippen LogP) is 2.46. The molecule has 3 rings (SSSR count). The van der Waals surface area contributed by atoms with E-state index in [2.05, 4.69) is 0 Å². The van der Waals surface area contributed by atoms with E-state index in [1.165, 1.54) is 12.8 Å². The van der Waals surface area contributed by atoms with Gasteiger partial charge in [-0.25, -0.2) is 4.79 Å². The number of nitrogens with zero attached hydrogens (tertiary/aromatic N) is 1. The predicted molar refractivity (Wildman–Crippen MR) is 71.4 cm³/mol. The van der Waals surface area contributed by atoms with E-state index >= 15 is 0 Å². The second-order valence-electron chi connectivity index (χ2n) is 5.43. The van der Waals surface area contributed by atoms with Crippen molar-refractivity contribution in [1.29, 1.82) is 0 Å². The highest BCUT2D eigenvalue weighted by Crippen LogP contribution is 2.35. The largest absolute Gasteiger partial charge is 0.478 e. The maximum atomic E-state index is 12.0. The standard InChI is InChI=1S/C15H17NO3/c17-14-6-4-11-9-12(15(18)19)3-5-13(11)16(14)8-7-10-1-2-10/h3,5,9-10H,1-2,4,6-8H2,(H,18,19). The highest BCUT2D eigenvalue weighted by molar-refractivity contribution is 5.97. The summed E-state index contributed by atoms with van der Waals surface area (Å²) in [5, 5.41) is 9.01. The molecule has 1 fully saturated rings. The smallest absolute Gasteiger partial charge is 0.335 e. The molecule has 0 bridgehead atoms.